The van der Waals surface area contributed by atoms with E-state index in [2.05, 4.69) is 25.6 Å². The van der Waals surface area contributed by atoms with Crippen molar-refractivity contribution >= 4 is 33.1 Å². The van der Waals surface area contributed by atoms with E-state index in [9.17, 15) is 23.4 Å². The van der Waals surface area contributed by atoms with Crippen LogP contribution in [-0.2, 0) is 20.2 Å². The Kier molecular flexibility index (Phi) is 7.92. The first-order valence-electron chi connectivity index (χ1n) is 11.0. The molecule has 0 aliphatic carbocycles. The Morgan fingerprint density at radius 2 is 1.86 bits per heavy atom. The van der Waals surface area contributed by atoms with Gasteiger partial charge in [-0.2, -0.15) is 0 Å². The average molecular weight is 516 g/mol. The monoisotopic (exact) mass is 515 g/mol. The highest BCUT2D eigenvalue weighted by Gasteiger charge is 2.19. The third kappa shape index (κ3) is 7.20. The summed E-state index contributed by atoms with van der Waals surface area (Å²) in [5.74, 6) is 0.276. The number of nitrogens with one attached hydrogen (secondary N) is 2. The molecule has 0 aliphatic heterocycles. The Bertz CT molecular complexity index is 1350. The molecule has 0 saturated carbocycles. The average Bonchev–Trinajstić information content (AvgIpc) is 2.76. The zero-order chi connectivity index (χ0) is 26.7. The summed E-state index contributed by atoms with van der Waals surface area (Å²) in [7, 11) is -3.68. The van der Waals surface area contributed by atoms with Crippen molar-refractivity contribution in [2.45, 2.75) is 44.4 Å². The number of hydrogen-bond acceptors (Lipinski definition) is 10. The fraction of sp³-hybridized carbons (Fsp3) is 0.333. The zero-order valence-corrected chi connectivity index (χ0v) is 21.4. The minimum atomic E-state index is -3.68. The van der Waals surface area contributed by atoms with E-state index in [1.807, 2.05) is 0 Å². The van der Waals surface area contributed by atoms with Crippen molar-refractivity contribution in [3.8, 4) is 17.0 Å². The summed E-state index contributed by atoms with van der Waals surface area (Å²) < 4.78 is 30.0. The lowest BCUT2D eigenvalue weighted by atomic mass is 9.99. The van der Waals surface area contributed by atoms with Crippen LogP contribution in [0.1, 0.15) is 33.3 Å². The number of amides is 1. The fourth-order valence-electron chi connectivity index (χ4n) is 3.10. The van der Waals surface area contributed by atoms with Gasteiger partial charge >= 0.3 is 0 Å². The van der Waals surface area contributed by atoms with Gasteiger partial charge in [0, 0.05) is 54.9 Å². The Labute approximate surface area is 209 Å². The minimum absolute atomic E-state index is 0.0443. The third-order valence-electron chi connectivity index (χ3n) is 4.86. The molecule has 3 aromatic rings. The highest BCUT2D eigenvalue weighted by molar-refractivity contribution is 7.90. The second kappa shape index (κ2) is 10.6. The summed E-state index contributed by atoms with van der Waals surface area (Å²) in [6.07, 6.45) is 3.32. The Morgan fingerprint density at radius 3 is 2.42 bits per heavy atom. The predicted octanol–water partition coefficient (Wildman–Crippen LogP) is 2.63. The van der Waals surface area contributed by atoms with Crippen molar-refractivity contribution in [3.05, 3.63) is 48.3 Å². The van der Waals surface area contributed by atoms with Crippen LogP contribution in [0.25, 0.3) is 11.3 Å². The van der Waals surface area contributed by atoms with Gasteiger partial charge in [-0.1, -0.05) is 6.07 Å². The number of sulfone groups is 1. The molecule has 3 rings (SSSR count). The van der Waals surface area contributed by atoms with Crippen LogP contribution in [-0.4, -0.2) is 58.5 Å². The number of pyridine rings is 3. The molecule has 12 heteroatoms. The number of hydrogen-bond donors (Lipinski definition) is 4. The predicted molar refractivity (Wildman–Crippen MR) is 135 cm³/mol. The standard InChI is InChI=1S/C24H29N5O6S/c1-14(30)13-35-17-8-22(29-23(9-17)36(5,33)34)28-20-10-21(27-15(2)31)26-12-18(20)19-7-6-16(11-25-19)24(3,4)32/h6-12,14,30,32H,13H2,1-5H3,(H2,26,27,28,29,31)/t14-/m1/s1. The highest BCUT2D eigenvalue weighted by atomic mass is 32.2. The molecule has 0 spiro atoms. The van der Waals surface area contributed by atoms with Gasteiger partial charge in [-0.3, -0.25) is 9.78 Å². The minimum Gasteiger partial charge on any atom is -0.491 e. The largest absolute Gasteiger partial charge is 0.491 e. The summed E-state index contributed by atoms with van der Waals surface area (Å²) in [4.78, 5) is 24.5. The van der Waals surface area contributed by atoms with Gasteiger partial charge in [0.25, 0.3) is 0 Å². The van der Waals surface area contributed by atoms with Crippen molar-refractivity contribution in [1.29, 1.82) is 0 Å². The Morgan fingerprint density at radius 1 is 1.14 bits per heavy atom. The van der Waals surface area contributed by atoms with Crippen molar-refractivity contribution < 1.29 is 28.2 Å². The normalized spacial score (nSPS) is 12.6. The van der Waals surface area contributed by atoms with E-state index in [4.69, 9.17) is 4.74 Å². The maximum absolute atomic E-state index is 12.2. The first kappa shape index (κ1) is 27.0. The maximum Gasteiger partial charge on any atom is 0.222 e. The molecule has 1 atom stereocenters. The Balaban J connectivity index is 2.09. The number of rotatable bonds is 9. The number of aromatic nitrogens is 3. The van der Waals surface area contributed by atoms with Crippen LogP contribution in [0.15, 0.2) is 47.8 Å². The quantitative estimate of drug-likeness (QED) is 0.333. The van der Waals surface area contributed by atoms with Crippen molar-refractivity contribution in [2.24, 2.45) is 0 Å². The van der Waals surface area contributed by atoms with E-state index in [0.29, 0.717) is 22.5 Å². The fourth-order valence-corrected chi connectivity index (χ4v) is 3.69. The van der Waals surface area contributed by atoms with Gasteiger partial charge in [0.05, 0.1) is 23.1 Å². The van der Waals surface area contributed by atoms with Crippen molar-refractivity contribution in [2.75, 3.05) is 23.5 Å². The number of nitrogens with zero attached hydrogens (tertiary/aromatic N) is 3. The summed E-state index contributed by atoms with van der Waals surface area (Å²) in [6.45, 7) is 6.15. The molecule has 3 heterocycles. The molecular weight excluding hydrogens is 486 g/mol. The molecule has 1 amide bonds. The van der Waals surface area contributed by atoms with Crippen LogP contribution in [0.5, 0.6) is 5.75 Å². The molecule has 0 aromatic carbocycles. The van der Waals surface area contributed by atoms with E-state index in [1.165, 1.54) is 25.3 Å². The molecule has 0 radical (unpaired) electrons. The van der Waals surface area contributed by atoms with E-state index in [1.54, 1.807) is 45.2 Å². The first-order chi connectivity index (χ1) is 16.7. The first-order valence-corrected chi connectivity index (χ1v) is 12.9. The van der Waals surface area contributed by atoms with Crippen LogP contribution >= 0.6 is 0 Å². The summed E-state index contributed by atoms with van der Waals surface area (Å²) in [6, 6.07) is 7.77. The van der Waals surface area contributed by atoms with Crippen LogP contribution in [0, 0.1) is 0 Å². The van der Waals surface area contributed by atoms with E-state index in [0.717, 1.165) is 6.26 Å². The van der Waals surface area contributed by atoms with Gasteiger partial charge in [-0.15, -0.1) is 0 Å². The van der Waals surface area contributed by atoms with Crippen LogP contribution in [0.2, 0.25) is 0 Å². The molecule has 11 nitrogen and oxygen atoms in total. The van der Waals surface area contributed by atoms with Crippen molar-refractivity contribution in [3.63, 3.8) is 0 Å². The zero-order valence-electron chi connectivity index (χ0n) is 20.6. The number of anilines is 3. The number of ether oxygens (including phenoxy) is 1. The van der Waals surface area contributed by atoms with Crippen molar-refractivity contribution in [1.82, 2.24) is 15.0 Å². The van der Waals surface area contributed by atoms with Gasteiger partial charge in [-0.05, 0) is 26.8 Å². The molecule has 4 N–H and O–H groups in total. The maximum atomic E-state index is 12.2. The molecule has 0 aliphatic rings. The van der Waals surface area contributed by atoms with Gasteiger partial charge in [0.2, 0.25) is 5.91 Å². The topological polar surface area (TPSA) is 164 Å². The van der Waals surface area contributed by atoms with Crippen LogP contribution < -0.4 is 15.4 Å². The molecule has 3 aromatic heterocycles. The molecule has 0 saturated heterocycles. The Hall–Kier alpha value is -3.61. The second-order valence-corrected chi connectivity index (χ2v) is 10.8. The van der Waals surface area contributed by atoms with E-state index < -0.39 is 21.5 Å². The lowest BCUT2D eigenvalue weighted by Gasteiger charge is -2.18. The molecule has 0 unspecified atom stereocenters. The molecule has 192 valence electrons. The molecular formula is C24H29N5O6S. The summed E-state index contributed by atoms with van der Waals surface area (Å²) >= 11 is 0. The number of aliphatic hydroxyl groups excluding tert-OH is 1. The third-order valence-corrected chi connectivity index (χ3v) is 5.83. The smallest absolute Gasteiger partial charge is 0.222 e. The number of carbonyl (C=O) groups is 1. The second-order valence-electron chi connectivity index (χ2n) is 8.87. The van der Waals surface area contributed by atoms with E-state index in [-0.39, 0.29) is 34.9 Å². The molecule has 0 fully saturated rings. The molecule has 36 heavy (non-hydrogen) atoms. The SMILES string of the molecule is CC(=O)Nc1cc(Nc2cc(OC[C@@H](C)O)cc(S(C)(=O)=O)n2)c(-c2ccc(C(C)(C)O)cn2)cn1. The number of carbonyl (C=O) groups excluding carboxylic acids is 1. The van der Waals surface area contributed by atoms with Gasteiger partial charge in [-0.25, -0.2) is 18.4 Å². The lowest BCUT2D eigenvalue weighted by molar-refractivity contribution is -0.114. The highest BCUT2D eigenvalue weighted by Crippen LogP contribution is 2.32. The molecule has 0 bridgehead atoms. The lowest BCUT2D eigenvalue weighted by Crippen LogP contribution is -2.15. The van der Waals surface area contributed by atoms with Crippen LogP contribution in [0.4, 0.5) is 17.3 Å². The van der Waals surface area contributed by atoms with Gasteiger partial charge < -0.3 is 25.6 Å². The van der Waals surface area contributed by atoms with Crippen LogP contribution in [0.3, 0.4) is 0 Å². The summed E-state index contributed by atoms with van der Waals surface area (Å²) in [5.41, 5.74) is 1.02. The van der Waals surface area contributed by atoms with E-state index >= 15 is 0 Å². The summed E-state index contributed by atoms with van der Waals surface area (Å²) in [5, 5.41) is 25.2. The van der Waals surface area contributed by atoms with Gasteiger partial charge in [0.1, 0.15) is 24.0 Å². The number of aliphatic hydroxyl groups is 2. The van der Waals surface area contributed by atoms with Gasteiger partial charge in [0.15, 0.2) is 14.9 Å².